The summed E-state index contributed by atoms with van der Waals surface area (Å²) in [6.45, 7) is 0. The van der Waals surface area contributed by atoms with Crippen LogP contribution in [-0.2, 0) is 0 Å². The lowest BCUT2D eigenvalue weighted by Gasteiger charge is -2.12. The molecule has 0 unspecified atom stereocenters. The van der Waals surface area contributed by atoms with Crippen LogP contribution in [0.25, 0.3) is 27.5 Å². The zero-order chi connectivity index (χ0) is 15.3. The minimum atomic E-state index is 0.0396. The molecule has 0 aliphatic carbocycles. The number of phenols is 1. The number of phenolic OH excluding ortho intramolecular Hbond substituents is 1. The zero-order valence-corrected chi connectivity index (χ0v) is 12.2. The fourth-order valence-corrected chi connectivity index (χ4v) is 2.89. The molecule has 0 aliphatic rings. The second-order valence-electron chi connectivity index (χ2n) is 5.03. The van der Waals surface area contributed by atoms with Crippen LogP contribution in [0.3, 0.4) is 0 Å². The van der Waals surface area contributed by atoms with Gasteiger partial charge < -0.3 is 14.6 Å². The van der Waals surface area contributed by atoms with Crippen molar-refractivity contribution in [2.75, 3.05) is 14.2 Å². The summed E-state index contributed by atoms with van der Waals surface area (Å²) in [5.41, 5.74) is 2.56. The van der Waals surface area contributed by atoms with Crippen molar-refractivity contribution in [3.63, 3.8) is 0 Å². The predicted molar refractivity (Wildman–Crippen MR) is 85.0 cm³/mol. The van der Waals surface area contributed by atoms with E-state index in [0.29, 0.717) is 22.5 Å². The number of methoxy groups -OCH3 is 2. The summed E-state index contributed by atoms with van der Waals surface area (Å²) in [4.78, 5) is 4.64. The normalized spacial score (nSPS) is 11.4. The molecule has 110 valence electrons. The van der Waals surface area contributed by atoms with Gasteiger partial charge in [0.25, 0.3) is 0 Å². The molecule has 5 nitrogen and oxygen atoms in total. The van der Waals surface area contributed by atoms with Crippen molar-refractivity contribution in [1.29, 1.82) is 0 Å². The van der Waals surface area contributed by atoms with Crippen molar-refractivity contribution in [3.05, 3.63) is 42.6 Å². The molecule has 5 heteroatoms. The van der Waals surface area contributed by atoms with Crippen LogP contribution in [0.2, 0.25) is 0 Å². The van der Waals surface area contributed by atoms with Gasteiger partial charge in [-0.3, -0.25) is 4.40 Å². The summed E-state index contributed by atoms with van der Waals surface area (Å²) in [6.07, 6.45) is 1.94. The number of aromatic nitrogens is 2. The van der Waals surface area contributed by atoms with Gasteiger partial charge in [0.05, 0.1) is 30.6 Å². The number of ether oxygens (including phenoxy) is 2. The SMILES string of the molecule is COc1cc2ccn3c4ccccc4nc3c2c(O)c1OC. The average Bonchev–Trinajstić information content (AvgIpc) is 2.92. The van der Waals surface area contributed by atoms with E-state index in [1.165, 1.54) is 7.11 Å². The molecule has 2 aromatic heterocycles. The first-order valence-electron chi connectivity index (χ1n) is 6.88. The number of benzene rings is 2. The minimum Gasteiger partial charge on any atom is -0.504 e. The Morgan fingerprint density at radius 2 is 1.91 bits per heavy atom. The Balaban J connectivity index is 2.23. The first-order valence-corrected chi connectivity index (χ1v) is 6.88. The topological polar surface area (TPSA) is 56.0 Å². The Labute approximate surface area is 126 Å². The Morgan fingerprint density at radius 1 is 1.09 bits per heavy atom. The Kier molecular flexibility index (Phi) is 2.63. The van der Waals surface area contributed by atoms with E-state index in [2.05, 4.69) is 4.98 Å². The smallest absolute Gasteiger partial charge is 0.203 e. The van der Waals surface area contributed by atoms with Gasteiger partial charge in [0, 0.05) is 6.20 Å². The van der Waals surface area contributed by atoms with E-state index >= 15 is 0 Å². The van der Waals surface area contributed by atoms with Crippen molar-refractivity contribution in [2.45, 2.75) is 0 Å². The number of para-hydroxylation sites is 2. The van der Waals surface area contributed by atoms with E-state index in [1.54, 1.807) is 7.11 Å². The molecule has 1 N–H and O–H groups in total. The molecule has 2 heterocycles. The molecule has 0 fully saturated rings. The molecule has 22 heavy (non-hydrogen) atoms. The number of imidazole rings is 1. The van der Waals surface area contributed by atoms with Gasteiger partial charge >= 0.3 is 0 Å². The van der Waals surface area contributed by atoms with Crippen LogP contribution < -0.4 is 9.47 Å². The van der Waals surface area contributed by atoms with Gasteiger partial charge in [0.15, 0.2) is 11.5 Å². The number of rotatable bonds is 2. The lowest BCUT2D eigenvalue weighted by atomic mass is 10.1. The van der Waals surface area contributed by atoms with Crippen molar-refractivity contribution >= 4 is 27.5 Å². The van der Waals surface area contributed by atoms with Gasteiger partial charge in [-0.25, -0.2) is 4.98 Å². The average molecular weight is 294 g/mol. The maximum absolute atomic E-state index is 10.6. The third-order valence-corrected chi connectivity index (χ3v) is 3.90. The molecule has 0 amide bonds. The van der Waals surface area contributed by atoms with E-state index in [4.69, 9.17) is 9.47 Å². The third-order valence-electron chi connectivity index (χ3n) is 3.90. The van der Waals surface area contributed by atoms with Crippen molar-refractivity contribution in [3.8, 4) is 17.2 Å². The molecule has 0 spiro atoms. The molecule has 4 rings (SSSR count). The Hall–Kier alpha value is -2.95. The van der Waals surface area contributed by atoms with E-state index < -0.39 is 0 Å². The van der Waals surface area contributed by atoms with Crippen LogP contribution >= 0.6 is 0 Å². The van der Waals surface area contributed by atoms with Crippen LogP contribution in [0.1, 0.15) is 0 Å². The third kappa shape index (κ3) is 1.56. The first kappa shape index (κ1) is 12.8. The van der Waals surface area contributed by atoms with Crippen LogP contribution in [0, 0.1) is 0 Å². The van der Waals surface area contributed by atoms with Crippen molar-refractivity contribution < 1.29 is 14.6 Å². The van der Waals surface area contributed by atoms with Gasteiger partial charge in [-0.1, -0.05) is 12.1 Å². The van der Waals surface area contributed by atoms with E-state index in [1.807, 2.05) is 47.0 Å². The van der Waals surface area contributed by atoms with Crippen molar-refractivity contribution in [1.82, 2.24) is 9.38 Å². The highest BCUT2D eigenvalue weighted by molar-refractivity contribution is 6.04. The predicted octanol–water partition coefficient (Wildman–Crippen LogP) is 3.36. The monoisotopic (exact) mass is 294 g/mol. The van der Waals surface area contributed by atoms with Crippen LogP contribution in [-0.4, -0.2) is 28.7 Å². The zero-order valence-electron chi connectivity index (χ0n) is 12.2. The number of pyridine rings is 1. The molecule has 4 aromatic rings. The Bertz CT molecular complexity index is 1020. The van der Waals surface area contributed by atoms with Crippen LogP contribution in [0.4, 0.5) is 0 Å². The second-order valence-corrected chi connectivity index (χ2v) is 5.03. The van der Waals surface area contributed by atoms with Gasteiger partial charge in [0.1, 0.15) is 5.65 Å². The largest absolute Gasteiger partial charge is 0.504 e. The molecule has 0 bridgehead atoms. The number of hydrogen-bond acceptors (Lipinski definition) is 4. The maximum atomic E-state index is 10.6. The number of fused-ring (bicyclic) bond motifs is 5. The summed E-state index contributed by atoms with van der Waals surface area (Å²) in [5, 5.41) is 12.1. The first-order chi connectivity index (χ1) is 10.7. The van der Waals surface area contributed by atoms with Gasteiger partial charge in [-0.2, -0.15) is 0 Å². The number of nitrogens with zero attached hydrogens (tertiary/aromatic N) is 2. The molecule has 0 saturated heterocycles. The minimum absolute atomic E-state index is 0.0396. The van der Waals surface area contributed by atoms with Crippen molar-refractivity contribution in [2.24, 2.45) is 0 Å². The second kappa shape index (κ2) is 4.53. The molecular weight excluding hydrogens is 280 g/mol. The highest BCUT2D eigenvalue weighted by Gasteiger charge is 2.18. The van der Waals surface area contributed by atoms with Crippen LogP contribution in [0.15, 0.2) is 42.6 Å². The van der Waals surface area contributed by atoms with E-state index in [0.717, 1.165) is 16.4 Å². The fourth-order valence-electron chi connectivity index (χ4n) is 2.89. The summed E-state index contributed by atoms with van der Waals surface area (Å²) in [7, 11) is 3.05. The highest BCUT2D eigenvalue weighted by Crippen LogP contribution is 2.44. The standard InChI is InChI=1S/C17H14N2O3/c1-21-13-9-10-7-8-19-12-6-4-3-5-11(12)18-17(19)14(10)15(20)16(13)22-2/h3-9,20H,1-2H3. The summed E-state index contributed by atoms with van der Waals surface area (Å²) < 4.78 is 12.5. The van der Waals surface area contributed by atoms with Crippen LogP contribution in [0.5, 0.6) is 17.2 Å². The summed E-state index contributed by atoms with van der Waals surface area (Å²) in [5.74, 6) is 0.848. The van der Waals surface area contributed by atoms with Gasteiger partial charge in [-0.05, 0) is 29.7 Å². The number of hydrogen-bond donors (Lipinski definition) is 1. The highest BCUT2D eigenvalue weighted by atomic mass is 16.5. The maximum Gasteiger partial charge on any atom is 0.203 e. The van der Waals surface area contributed by atoms with Gasteiger partial charge in [-0.15, -0.1) is 0 Å². The van der Waals surface area contributed by atoms with Gasteiger partial charge in [0.2, 0.25) is 5.75 Å². The molecular formula is C17H14N2O3. The lowest BCUT2D eigenvalue weighted by Crippen LogP contribution is -1.93. The fraction of sp³-hybridized carbons (Fsp3) is 0.118. The molecule has 2 aromatic carbocycles. The molecule has 0 saturated carbocycles. The Morgan fingerprint density at radius 3 is 2.68 bits per heavy atom. The molecule has 0 atom stereocenters. The lowest BCUT2D eigenvalue weighted by molar-refractivity contribution is 0.335. The summed E-state index contributed by atoms with van der Waals surface area (Å²) in [6, 6.07) is 11.6. The summed E-state index contributed by atoms with van der Waals surface area (Å²) >= 11 is 0. The molecule has 0 radical (unpaired) electrons. The quantitative estimate of drug-likeness (QED) is 0.616. The molecule has 0 aliphatic heterocycles. The number of aromatic hydroxyl groups is 1. The van der Waals surface area contributed by atoms with E-state index in [-0.39, 0.29) is 5.75 Å². The van der Waals surface area contributed by atoms with E-state index in [9.17, 15) is 5.11 Å².